The smallest absolute Gasteiger partial charge is 0.236 e. The third-order valence-corrected chi connectivity index (χ3v) is 5.85. The van der Waals surface area contributed by atoms with Crippen molar-refractivity contribution in [1.82, 2.24) is 4.90 Å². The van der Waals surface area contributed by atoms with E-state index in [1.54, 1.807) is 0 Å². The first kappa shape index (κ1) is 20.2. The summed E-state index contributed by atoms with van der Waals surface area (Å²) < 4.78 is 0. The van der Waals surface area contributed by atoms with Crippen LogP contribution in [0.15, 0.2) is 84.9 Å². The van der Waals surface area contributed by atoms with Gasteiger partial charge in [-0.1, -0.05) is 67.6 Å². The number of nitrogens with one attached hydrogen (secondary N) is 1. The quantitative estimate of drug-likeness (QED) is 0.658. The average Bonchev–Trinajstić information content (AvgIpc) is 2.81. The fourth-order valence-electron chi connectivity index (χ4n) is 4.08. The normalized spacial score (nSPS) is 14.7. The molecule has 30 heavy (non-hydrogen) atoms. The Balaban J connectivity index is 1.48. The lowest BCUT2D eigenvalue weighted by Crippen LogP contribution is -2.46. The predicted octanol–water partition coefficient (Wildman–Crippen LogP) is 4.60. The van der Waals surface area contributed by atoms with Gasteiger partial charge in [0.1, 0.15) is 0 Å². The van der Waals surface area contributed by atoms with Gasteiger partial charge in [0, 0.05) is 37.6 Å². The van der Waals surface area contributed by atoms with Gasteiger partial charge in [-0.3, -0.25) is 4.79 Å². The van der Waals surface area contributed by atoms with E-state index < -0.39 is 0 Å². The Labute approximate surface area is 179 Å². The molecule has 0 spiro atoms. The summed E-state index contributed by atoms with van der Waals surface area (Å²) in [5.74, 6) is -0.356. The van der Waals surface area contributed by atoms with Crippen molar-refractivity contribution in [2.75, 3.05) is 42.9 Å². The van der Waals surface area contributed by atoms with Crippen molar-refractivity contribution in [1.29, 1.82) is 0 Å². The Bertz CT molecular complexity index is 894. The minimum absolute atomic E-state index is 0.0169. The second-order valence-electron chi connectivity index (χ2n) is 7.71. The molecule has 1 heterocycles. The maximum atomic E-state index is 13.2. The third kappa shape index (κ3) is 4.71. The van der Waals surface area contributed by atoms with Gasteiger partial charge in [-0.15, -0.1) is 0 Å². The number of benzene rings is 3. The van der Waals surface area contributed by atoms with Crippen LogP contribution < -0.4 is 10.2 Å². The Morgan fingerprint density at radius 2 is 1.33 bits per heavy atom. The lowest BCUT2D eigenvalue weighted by atomic mass is 9.90. The van der Waals surface area contributed by atoms with Crippen LogP contribution in [-0.4, -0.2) is 43.5 Å². The number of nitrogens with zero attached hydrogens (tertiary/aromatic N) is 2. The molecule has 3 aromatic rings. The molecule has 0 radical (unpaired) electrons. The van der Waals surface area contributed by atoms with Crippen molar-refractivity contribution in [3.05, 3.63) is 96.1 Å². The highest BCUT2D eigenvalue weighted by Gasteiger charge is 2.23. The molecule has 4 heteroatoms. The number of carbonyl (C=O) groups excluding carboxylic acids is 1. The Kier molecular flexibility index (Phi) is 6.45. The maximum absolute atomic E-state index is 13.2. The molecular formula is C26H29N3O. The molecule has 3 aromatic carbocycles. The summed E-state index contributed by atoms with van der Waals surface area (Å²) in [5, 5.41) is 3.12. The minimum atomic E-state index is -0.339. The SMILES string of the molecule is CCN1CCN(c2ccc(NC(=O)C(c3ccccc3)c3ccccc3)cc2)CC1. The largest absolute Gasteiger partial charge is 0.369 e. The minimum Gasteiger partial charge on any atom is -0.369 e. The van der Waals surface area contributed by atoms with E-state index in [0.29, 0.717) is 0 Å². The lowest BCUT2D eigenvalue weighted by molar-refractivity contribution is -0.116. The summed E-state index contributed by atoms with van der Waals surface area (Å²) in [4.78, 5) is 18.1. The van der Waals surface area contributed by atoms with E-state index in [0.717, 1.165) is 49.5 Å². The number of likely N-dealkylation sites (N-methyl/N-ethyl adjacent to an activating group) is 1. The first-order valence-electron chi connectivity index (χ1n) is 10.7. The maximum Gasteiger partial charge on any atom is 0.236 e. The van der Waals surface area contributed by atoms with Gasteiger partial charge in [0.25, 0.3) is 0 Å². The molecule has 1 fully saturated rings. The van der Waals surface area contributed by atoms with Gasteiger partial charge < -0.3 is 15.1 Å². The molecule has 1 amide bonds. The van der Waals surface area contributed by atoms with Crippen LogP contribution in [0.25, 0.3) is 0 Å². The molecule has 0 aromatic heterocycles. The van der Waals surface area contributed by atoms with Gasteiger partial charge in [-0.25, -0.2) is 0 Å². The van der Waals surface area contributed by atoms with E-state index in [2.05, 4.69) is 34.2 Å². The Morgan fingerprint density at radius 3 is 1.83 bits per heavy atom. The van der Waals surface area contributed by atoms with Gasteiger partial charge in [-0.2, -0.15) is 0 Å². The highest BCUT2D eigenvalue weighted by atomic mass is 16.1. The van der Waals surface area contributed by atoms with Crippen molar-refractivity contribution in [2.24, 2.45) is 0 Å². The summed E-state index contributed by atoms with van der Waals surface area (Å²) in [5.41, 5.74) is 4.03. The van der Waals surface area contributed by atoms with Crippen LogP contribution in [0.1, 0.15) is 24.0 Å². The molecular weight excluding hydrogens is 370 g/mol. The molecule has 4 rings (SSSR count). The summed E-state index contributed by atoms with van der Waals surface area (Å²) in [6.45, 7) is 7.62. The monoisotopic (exact) mass is 399 g/mol. The van der Waals surface area contributed by atoms with E-state index >= 15 is 0 Å². The zero-order valence-electron chi connectivity index (χ0n) is 17.5. The fraction of sp³-hybridized carbons (Fsp3) is 0.269. The van der Waals surface area contributed by atoms with Gasteiger partial charge >= 0.3 is 0 Å². The Morgan fingerprint density at radius 1 is 0.800 bits per heavy atom. The first-order chi connectivity index (χ1) is 14.7. The molecule has 0 saturated carbocycles. The molecule has 0 unspecified atom stereocenters. The van der Waals surface area contributed by atoms with Crippen LogP contribution in [-0.2, 0) is 4.79 Å². The van der Waals surface area contributed by atoms with Gasteiger partial charge in [0.05, 0.1) is 5.92 Å². The lowest BCUT2D eigenvalue weighted by Gasteiger charge is -2.35. The second-order valence-corrected chi connectivity index (χ2v) is 7.71. The van der Waals surface area contributed by atoms with Crippen LogP contribution in [0.4, 0.5) is 11.4 Å². The van der Waals surface area contributed by atoms with Gasteiger partial charge in [0.2, 0.25) is 5.91 Å². The summed E-state index contributed by atoms with van der Waals surface area (Å²) in [6.07, 6.45) is 0. The van der Waals surface area contributed by atoms with E-state index in [1.807, 2.05) is 72.8 Å². The number of rotatable bonds is 6. The molecule has 1 saturated heterocycles. The highest BCUT2D eigenvalue weighted by molar-refractivity contribution is 5.98. The van der Waals surface area contributed by atoms with Gasteiger partial charge in [0.15, 0.2) is 0 Å². The van der Waals surface area contributed by atoms with Crippen molar-refractivity contribution in [2.45, 2.75) is 12.8 Å². The molecule has 0 bridgehead atoms. The van der Waals surface area contributed by atoms with E-state index in [1.165, 1.54) is 5.69 Å². The summed E-state index contributed by atoms with van der Waals surface area (Å²) >= 11 is 0. The molecule has 1 aliphatic heterocycles. The summed E-state index contributed by atoms with van der Waals surface area (Å²) in [7, 11) is 0. The van der Waals surface area contributed by atoms with Crippen molar-refractivity contribution >= 4 is 17.3 Å². The van der Waals surface area contributed by atoms with Crippen LogP contribution in [0.2, 0.25) is 0 Å². The Hall–Kier alpha value is -3.11. The summed E-state index contributed by atoms with van der Waals surface area (Å²) in [6, 6.07) is 28.1. The topological polar surface area (TPSA) is 35.6 Å². The number of hydrogen-bond acceptors (Lipinski definition) is 3. The van der Waals surface area contributed by atoms with Crippen LogP contribution in [0.3, 0.4) is 0 Å². The van der Waals surface area contributed by atoms with Crippen molar-refractivity contribution < 1.29 is 4.79 Å². The van der Waals surface area contributed by atoms with Crippen molar-refractivity contribution in [3.63, 3.8) is 0 Å². The van der Waals surface area contributed by atoms with E-state index in [9.17, 15) is 4.79 Å². The average molecular weight is 400 g/mol. The van der Waals surface area contributed by atoms with Crippen LogP contribution >= 0.6 is 0 Å². The number of piperazine rings is 1. The van der Waals surface area contributed by atoms with Gasteiger partial charge in [-0.05, 0) is 41.9 Å². The standard InChI is InChI=1S/C26H29N3O/c1-2-28-17-19-29(20-18-28)24-15-13-23(14-16-24)27-26(30)25(21-9-5-3-6-10-21)22-11-7-4-8-12-22/h3-16,25H,2,17-20H2,1H3,(H,27,30). The fourth-order valence-corrected chi connectivity index (χ4v) is 4.08. The number of amides is 1. The van der Waals surface area contributed by atoms with Crippen molar-refractivity contribution in [3.8, 4) is 0 Å². The molecule has 4 nitrogen and oxygen atoms in total. The number of anilines is 2. The molecule has 154 valence electrons. The predicted molar refractivity (Wildman–Crippen MR) is 124 cm³/mol. The zero-order valence-corrected chi connectivity index (χ0v) is 17.5. The number of carbonyl (C=O) groups is 1. The second kappa shape index (κ2) is 9.59. The highest BCUT2D eigenvalue weighted by Crippen LogP contribution is 2.27. The molecule has 0 aliphatic carbocycles. The first-order valence-corrected chi connectivity index (χ1v) is 10.7. The third-order valence-electron chi connectivity index (χ3n) is 5.85. The molecule has 1 aliphatic rings. The van der Waals surface area contributed by atoms with E-state index in [4.69, 9.17) is 0 Å². The zero-order chi connectivity index (χ0) is 20.8. The van der Waals surface area contributed by atoms with Crippen LogP contribution in [0, 0.1) is 0 Å². The van der Waals surface area contributed by atoms with Crippen LogP contribution in [0.5, 0.6) is 0 Å². The number of hydrogen-bond donors (Lipinski definition) is 1. The molecule has 0 atom stereocenters. The van der Waals surface area contributed by atoms with E-state index in [-0.39, 0.29) is 11.8 Å². The molecule has 1 N–H and O–H groups in total.